The van der Waals surface area contributed by atoms with E-state index in [2.05, 4.69) is 49.2 Å². The van der Waals surface area contributed by atoms with E-state index in [1.165, 1.54) is 16.7 Å². The van der Waals surface area contributed by atoms with Crippen LogP contribution in [0, 0.1) is 13.8 Å². The van der Waals surface area contributed by atoms with Crippen LogP contribution in [0.15, 0.2) is 40.3 Å². The van der Waals surface area contributed by atoms with Crippen molar-refractivity contribution in [1.29, 1.82) is 0 Å². The van der Waals surface area contributed by atoms with Crippen LogP contribution in [0.2, 0.25) is 0 Å². The van der Waals surface area contributed by atoms with Crippen molar-refractivity contribution in [3.05, 3.63) is 46.8 Å². The molecule has 0 fully saturated rings. The third kappa shape index (κ3) is 1.72. The predicted octanol–water partition coefficient (Wildman–Crippen LogP) is 4.10. The molecular formula is C13H16N2. The maximum Gasteiger partial charge on any atom is 0.0906 e. The molecule has 0 bridgehead atoms. The predicted molar refractivity (Wildman–Crippen MR) is 61.9 cm³/mol. The van der Waals surface area contributed by atoms with Gasteiger partial charge in [-0.15, -0.1) is 0 Å². The summed E-state index contributed by atoms with van der Waals surface area (Å²) in [6.07, 6.45) is 2.95. The van der Waals surface area contributed by atoms with Gasteiger partial charge in [-0.1, -0.05) is 25.1 Å². The van der Waals surface area contributed by atoms with Crippen molar-refractivity contribution in [2.75, 3.05) is 0 Å². The first-order chi connectivity index (χ1) is 7.24. The van der Waals surface area contributed by atoms with Crippen LogP contribution in [0.25, 0.3) is 0 Å². The van der Waals surface area contributed by atoms with Crippen molar-refractivity contribution < 1.29 is 0 Å². The van der Waals surface area contributed by atoms with Gasteiger partial charge in [0.05, 0.1) is 11.9 Å². The molecule has 1 heterocycles. The number of hydrogen-bond acceptors (Lipinski definition) is 2. The summed E-state index contributed by atoms with van der Waals surface area (Å²) in [5.74, 6) is 0.419. The standard InChI is InChI=1S/C13H16N2/c1-4-11(13-8-14-15-13)12-7-5-6-9(2)10(12)3/h5-8,11H,4H2,1-3H3. The normalized spacial score (nSPS) is 15.8. The van der Waals surface area contributed by atoms with E-state index in [0.29, 0.717) is 5.92 Å². The summed E-state index contributed by atoms with van der Waals surface area (Å²) >= 11 is 0. The average Bonchev–Trinajstić information content (AvgIpc) is 2.16. The van der Waals surface area contributed by atoms with Crippen LogP contribution in [0.1, 0.15) is 36.0 Å². The van der Waals surface area contributed by atoms with E-state index in [0.717, 1.165) is 12.1 Å². The molecular weight excluding hydrogens is 184 g/mol. The fourth-order valence-electron chi connectivity index (χ4n) is 2.02. The summed E-state index contributed by atoms with van der Waals surface area (Å²) in [6.45, 7) is 6.53. The first-order valence-corrected chi connectivity index (χ1v) is 5.41. The highest BCUT2D eigenvalue weighted by atomic mass is 15.2. The summed E-state index contributed by atoms with van der Waals surface area (Å²) < 4.78 is 0. The van der Waals surface area contributed by atoms with E-state index < -0.39 is 0 Å². The van der Waals surface area contributed by atoms with E-state index in [-0.39, 0.29) is 0 Å². The van der Waals surface area contributed by atoms with Gasteiger partial charge in [-0.05, 0) is 37.0 Å². The molecule has 2 heteroatoms. The molecule has 1 aromatic carbocycles. The van der Waals surface area contributed by atoms with Gasteiger partial charge in [0.15, 0.2) is 0 Å². The third-order valence-electron chi connectivity index (χ3n) is 3.15. The van der Waals surface area contributed by atoms with Gasteiger partial charge < -0.3 is 0 Å². The van der Waals surface area contributed by atoms with Gasteiger partial charge in [0.2, 0.25) is 0 Å². The molecule has 0 N–H and O–H groups in total. The zero-order valence-corrected chi connectivity index (χ0v) is 9.49. The van der Waals surface area contributed by atoms with Crippen LogP contribution < -0.4 is 0 Å². The second kappa shape index (κ2) is 3.97. The van der Waals surface area contributed by atoms with Gasteiger partial charge in [-0.3, -0.25) is 0 Å². The van der Waals surface area contributed by atoms with E-state index in [4.69, 9.17) is 0 Å². The largest absolute Gasteiger partial charge is 0.157 e. The number of azo groups is 1. The lowest BCUT2D eigenvalue weighted by Gasteiger charge is -2.20. The van der Waals surface area contributed by atoms with Crippen LogP contribution >= 0.6 is 0 Å². The Kier molecular flexibility index (Phi) is 2.67. The fraction of sp³-hybridized carbons (Fsp3) is 0.385. The van der Waals surface area contributed by atoms with Crippen LogP contribution in [0.4, 0.5) is 0 Å². The maximum atomic E-state index is 4.07. The molecule has 0 saturated carbocycles. The summed E-state index contributed by atoms with van der Waals surface area (Å²) in [5.41, 5.74) is 5.24. The first kappa shape index (κ1) is 10.1. The van der Waals surface area contributed by atoms with Gasteiger partial charge in [0.25, 0.3) is 0 Å². The number of aryl methyl sites for hydroxylation is 1. The molecule has 0 aliphatic carbocycles. The minimum atomic E-state index is 0.419. The molecule has 1 unspecified atom stereocenters. The Morgan fingerprint density at radius 1 is 1.27 bits per heavy atom. The van der Waals surface area contributed by atoms with Crippen LogP contribution in [0.3, 0.4) is 0 Å². The first-order valence-electron chi connectivity index (χ1n) is 5.41. The highest BCUT2D eigenvalue weighted by Gasteiger charge is 2.19. The topological polar surface area (TPSA) is 24.7 Å². The van der Waals surface area contributed by atoms with Crippen molar-refractivity contribution in [2.24, 2.45) is 10.2 Å². The molecule has 78 valence electrons. The highest BCUT2D eigenvalue weighted by Crippen LogP contribution is 2.34. The van der Waals surface area contributed by atoms with Crippen LogP contribution in [-0.2, 0) is 0 Å². The lowest BCUT2D eigenvalue weighted by atomic mass is 9.88. The Bertz CT molecular complexity index is 430. The number of rotatable bonds is 3. The molecule has 15 heavy (non-hydrogen) atoms. The molecule has 2 rings (SSSR count). The molecule has 0 amide bonds. The Balaban J connectivity index is 2.38. The Hall–Kier alpha value is -1.44. The number of allylic oxidation sites excluding steroid dienone is 1. The lowest BCUT2D eigenvalue weighted by Crippen LogP contribution is -2.05. The van der Waals surface area contributed by atoms with Gasteiger partial charge in [-0.25, -0.2) is 0 Å². The third-order valence-corrected chi connectivity index (χ3v) is 3.15. The quantitative estimate of drug-likeness (QED) is 0.701. The average molecular weight is 200 g/mol. The Morgan fingerprint density at radius 3 is 2.53 bits per heavy atom. The van der Waals surface area contributed by atoms with Crippen LogP contribution in [0.5, 0.6) is 0 Å². The zero-order chi connectivity index (χ0) is 10.8. The molecule has 2 nitrogen and oxygen atoms in total. The Labute approximate surface area is 90.7 Å². The molecule has 0 aromatic heterocycles. The minimum absolute atomic E-state index is 0.419. The van der Waals surface area contributed by atoms with Gasteiger partial charge >= 0.3 is 0 Å². The monoisotopic (exact) mass is 200 g/mol. The van der Waals surface area contributed by atoms with Crippen molar-refractivity contribution in [2.45, 2.75) is 33.1 Å². The van der Waals surface area contributed by atoms with E-state index in [9.17, 15) is 0 Å². The van der Waals surface area contributed by atoms with Crippen molar-refractivity contribution in [1.82, 2.24) is 0 Å². The molecule has 1 aromatic rings. The van der Waals surface area contributed by atoms with Gasteiger partial charge in [-0.2, -0.15) is 10.2 Å². The van der Waals surface area contributed by atoms with Crippen molar-refractivity contribution >= 4 is 0 Å². The molecule has 0 spiro atoms. The second-order valence-electron chi connectivity index (χ2n) is 4.02. The number of benzene rings is 1. The SMILES string of the molecule is CCC(C1=CN=N1)c1cccc(C)c1C. The minimum Gasteiger partial charge on any atom is -0.157 e. The highest BCUT2D eigenvalue weighted by molar-refractivity contribution is 5.40. The van der Waals surface area contributed by atoms with Crippen molar-refractivity contribution in [3.8, 4) is 0 Å². The molecule has 1 atom stereocenters. The lowest BCUT2D eigenvalue weighted by molar-refractivity contribution is 0.706. The van der Waals surface area contributed by atoms with E-state index in [1.807, 2.05) is 6.20 Å². The van der Waals surface area contributed by atoms with Crippen molar-refractivity contribution in [3.63, 3.8) is 0 Å². The summed E-state index contributed by atoms with van der Waals surface area (Å²) in [7, 11) is 0. The fourth-order valence-corrected chi connectivity index (χ4v) is 2.02. The van der Waals surface area contributed by atoms with E-state index in [1.54, 1.807) is 0 Å². The van der Waals surface area contributed by atoms with Crippen LogP contribution in [-0.4, -0.2) is 0 Å². The molecule has 0 saturated heterocycles. The maximum absolute atomic E-state index is 4.07. The summed E-state index contributed by atoms with van der Waals surface area (Å²) in [4.78, 5) is 0. The molecule has 1 aliphatic heterocycles. The Morgan fingerprint density at radius 2 is 2.00 bits per heavy atom. The summed E-state index contributed by atoms with van der Waals surface area (Å²) in [5, 5.41) is 7.88. The smallest absolute Gasteiger partial charge is 0.0906 e. The van der Waals surface area contributed by atoms with E-state index >= 15 is 0 Å². The second-order valence-corrected chi connectivity index (χ2v) is 4.02. The summed E-state index contributed by atoms with van der Waals surface area (Å²) in [6, 6.07) is 6.48. The molecule has 1 aliphatic rings. The molecule has 0 radical (unpaired) electrons. The number of hydrogen-bond donors (Lipinski definition) is 0. The van der Waals surface area contributed by atoms with Gasteiger partial charge in [0, 0.05) is 5.92 Å². The zero-order valence-electron chi connectivity index (χ0n) is 9.49. The van der Waals surface area contributed by atoms with Gasteiger partial charge in [0.1, 0.15) is 0 Å². The number of nitrogens with zero attached hydrogens (tertiary/aromatic N) is 2.